The summed E-state index contributed by atoms with van der Waals surface area (Å²) in [6, 6.07) is 9.38. The second-order valence-electron chi connectivity index (χ2n) is 5.02. The normalized spacial score (nSPS) is 10.3. The minimum absolute atomic E-state index is 0.189. The highest BCUT2D eigenvalue weighted by atomic mass is 79.9. The predicted octanol–water partition coefficient (Wildman–Crippen LogP) is 3.48. The quantitative estimate of drug-likeness (QED) is 0.666. The Labute approximate surface area is 156 Å². The van der Waals surface area contributed by atoms with Crippen LogP contribution >= 0.6 is 27.3 Å². The van der Waals surface area contributed by atoms with Crippen LogP contribution in [0.15, 0.2) is 58.8 Å². The Morgan fingerprint density at radius 3 is 2.80 bits per heavy atom. The van der Waals surface area contributed by atoms with Crippen molar-refractivity contribution in [3.05, 3.63) is 74.9 Å². The van der Waals surface area contributed by atoms with E-state index in [1.807, 2.05) is 24.3 Å². The van der Waals surface area contributed by atoms with E-state index in [1.165, 1.54) is 29.9 Å². The number of carbonyl (C=O) groups excluding carboxylic acids is 2. The highest BCUT2D eigenvalue weighted by Crippen LogP contribution is 2.23. The van der Waals surface area contributed by atoms with Gasteiger partial charge in [-0.2, -0.15) is 0 Å². The largest absolute Gasteiger partial charge is 0.347 e. The van der Waals surface area contributed by atoms with Crippen LogP contribution in [0.3, 0.4) is 0 Å². The Morgan fingerprint density at radius 2 is 2.04 bits per heavy atom. The lowest BCUT2D eigenvalue weighted by Crippen LogP contribution is -2.23. The van der Waals surface area contributed by atoms with E-state index in [0.29, 0.717) is 17.1 Å². The van der Waals surface area contributed by atoms with Gasteiger partial charge in [0.1, 0.15) is 10.6 Å². The second-order valence-corrected chi connectivity index (χ2v) is 6.85. The molecule has 2 amide bonds. The lowest BCUT2D eigenvalue weighted by molar-refractivity contribution is 0.0955. The van der Waals surface area contributed by atoms with Crippen LogP contribution in [0.4, 0.5) is 5.69 Å². The van der Waals surface area contributed by atoms with Crippen molar-refractivity contribution in [2.24, 2.45) is 0 Å². The molecule has 0 spiro atoms. The smallest absolute Gasteiger partial charge is 0.275 e. The van der Waals surface area contributed by atoms with Crippen molar-refractivity contribution in [2.45, 2.75) is 6.54 Å². The number of anilines is 1. The van der Waals surface area contributed by atoms with Gasteiger partial charge in [-0.3, -0.25) is 14.6 Å². The van der Waals surface area contributed by atoms with E-state index in [0.717, 1.165) is 10.0 Å². The molecule has 2 heterocycles. The molecule has 0 atom stereocenters. The number of aromatic nitrogens is 2. The molecular formula is C17H13BrN4O2S. The van der Waals surface area contributed by atoms with Gasteiger partial charge in [-0.25, -0.2) is 4.98 Å². The van der Waals surface area contributed by atoms with Crippen molar-refractivity contribution in [3.8, 4) is 0 Å². The SMILES string of the molecule is O=C(Nc1ccsc1C(=O)NCc1cccc(Br)c1)c1cnccn1. The molecule has 3 rings (SSSR count). The van der Waals surface area contributed by atoms with E-state index in [2.05, 4.69) is 36.5 Å². The first-order valence-corrected chi connectivity index (χ1v) is 8.98. The number of hydrogen-bond acceptors (Lipinski definition) is 5. The molecule has 25 heavy (non-hydrogen) atoms. The van der Waals surface area contributed by atoms with Gasteiger partial charge in [0.15, 0.2) is 0 Å². The van der Waals surface area contributed by atoms with Gasteiger partial charge < -0.3 is 10.6 Å². The number of nitrogens with zero attached hydrogens (tertiary/aromatic N) is 2. The van der Waals surface area contributed by atoms with Gasteiger partial charge in [-0.1, -0.05) is 28.1 Å². The van der Waals surface area contributed by atoms with Crippen molar-refractivity contribution < 1.29 is 9.59 Å². The zero-order valence-corrected chi connectivity index (χ0v) is 15.3. The van der Waals surface area contributed by atoms with Gasteiger partial charge in [-0.05, 0) is 29.1 Å². The van der Waals surface area contributed by atoms with Crippen LogP contribution in [0.1, 0.15) is 25.7 Å². The Kier molecular flexibility index (Phi) is 5.52. The van der Waals surface area contributed by atoms with Gasteiger partial charge in [0.2, 0.25) is 0 Å². The fourth-order valence-corrected chi connectivity index (χ4v) is 3.31. The van der Waals surface area contributed by atoms with E-state index in [9.17, 15) is 9.59 Å². The summed E-state index contributed by atoms with van der Waals surface area (Å²) in [7, 11) is 0. The molecule has 0 aliphatic rings. The summed E-state index contributed by atoms with van der Waals surface area (Å²) in [6.45, 7) is 0.397. The molecule has 1 aromatic carbocycles. The van der Waals surface area contributed by atoms with Crippen LogP contribution < -0.4 is 10.6 Å². The molecule has 2 aromatic heterocycles. The third kappa shape index (κ3) is 4.49. The number of hydrogen-bond donors (Lipinski definition) is 2. The number of carbonyl (C=O) groups is 2. The van der Waals surface area contributed by atoms with Crippen molar-refractivity contribution in [1.29, 1.82) is 0 Å². The van der Waals surface area contributed by atoms with E-state index in [4.69, 9.17) is 0 Å². The van der Waals surface area contributed by atoms with Crippen molar-refractivity contribution in [1.82, 2.24) is 15.3 Å². The lowest BCUT2D eigenvalue weighted by Gasteiger charge is -2.08. The van der Waals surface area contributed by atoms with Crippen LogP contribution in [0.5, 0.6) is 0 Å². The predicted molar refractivity (Wildman–Crippen MR) is 99.6 cm³/mol. The van der Waals surface area contributed by atoms with Crippen LogP contribution in [0, 0.1) is 0 Å². The third-order valence-electron chi connectivity index (χ3n) is 3.26. The Hall–Kier alpha value is -2.58. The van der Waals surface area contributed by atoms with E-state index in [-0.39, 0.29) is 11.6 Å². The molecule has 0 bridgehead atoms. The van der Waals surface area contributed by atoms with Gasteiger partial charge in [0, 0.05) is 23.4 Å². The summed E-state index contributed by atoms with van der Waals surface area (Å²) < 4.78 is 0.951. The summed E-state index contributed by atoms with van der Waals surface area (Å²) in [5, 5.41) is 7.30. The molecule has 0 fully saturated rings. The monoisotopic (exact) mass is 416 g/mol. The summed E-state index contributed by atoms with van der Waals surface area (Å²) in [5.74, 6) is -0.656. The van der Waals surface area contributed by atoms with Crippen LogP contribution in [-0.4, -0.2) is 21.8 Å². The van der Waals surface area contributed by atoms with E-state index < -0.39 is 5.91 Å². The third-order valence-corrected chi connectivity index (χ3v) is 4.66. The zero-order valence-electron chi connectivity index (χ0n) is 12.9. The molecule has 0 aliphatic carbocycles. The fraction of sp³-hybridized carbons (Fsp3) is 0.0588. The number of rotatable bonds is 5. The Balaban J connectivity index is 1.66. The molecule has 126 valence electrons. The van der Waals surface area contributed by atoms with Crippen molar-refractivity contribution >= 4 is 44.8 Å². The van der Waals surface area contributed by atoms with Gasteiger partial charge in [0.05, 0.1) is 11.9 Å². The van der Waals surface area contributed by atoms with Crippen molar-refractivity contribution in [3.63, 3.8) is 0 Å². The maximum absolute atomic E-state index is 12.4. The molecular weight excluding hydrogens is 404 g/mol. The molecule has 8 heteroatoms. The van der Waals surface area contributed by atoms with Gasteiger partial charge in [0.25, 0.3) is 11.8 Å². The first-order valence-electron chi connectivity index (χ1n) is 7.31. The van der Waals surface area contributed by atoms with Crippen LogP contribution in [0.25, 0.3) is 0 Å². The summed E-state index contributed by atoms with van der Waals surface area (Å²) in [6.07, 6.45) is 4.30. The van der Waals surface area contributed by atoms with E-state index in [1.54, 1.807) is 11.4 Å². The highest BCUT2D eigenvalue weighted by Gasteiger charge is 2.16. The fourth-order valence-electron chi connectivity index (χ4n) is 2.10. The van der Waals surface area contributed by atoms with Gasteiger partial charge in [-0.15, -0.1) is 11.3 Å². The molecule has 6 nitrogen and oxygen atoms in total. The number of benzene rings is 1. The molecule has 2 N–H and O–H groups in total. The highest BCUT2D eigenvalue weighted by molar-refractivity contribution is 9.10. The lowest BCUT2D eigenvalue weighted by atomic mass is 10.2. The number of thiophene rings is 1. The topological polar surface area (TPSA) is 84.0 Å². The maximum atomic E-state index is 12.4. The van der Waals surface area contributed by atoms with E-state index >= 15 is 0 Å². The summed E-state index contributed by atoms with van der Waals surface area (Å²) in [4.78, 5) is 32.8. The first-order chi connectivity index (χ1) is 12.1. The summed E-state index contributed by atoms with van der Waals surface area (Å²) in [5.41, 5.74) is 1.62. The Morgan fingerprint density at radius 1 is 1.16 bits per heavy atom. The minimum Gasteiger partial charge on any atom is -0.347 e. The number of nitrogens with one attached hydrogen (secondary N) is 2. The minimum atomic E-state index is -0.410. The molecule has 0 radical (unpaired) electrons. The maximum Gasteiger partial charge on any atom is 0.275 e. The second kappa shape index (κ2) is 8.00. The number of halogens is 1. The molecule has 0 unspecified atom stereocenters. The molecule has 3 aromatic rings. The van der Waals surface area contributed by atoms with Crippen molar-refractivity contribution in [2.75, 3.05) is 5.32 Å². The standard InChI is InChI=1S/C17H13BrN4O2S/c18-12-3-1-2-11(8-12)9-21-17(24)15-13(4-7-25-15)22-16(23)14-10-19-5-6-20-14/h1-8,10H,9H2,(H,21,24)(H,22,23). The molecule has 0 aliphatic heterocycles. The number of amides is 2. The Bertz CT molecular complexity index is 898. The zero-order chi connectivity index (χ0) is 17.6. The van der Waals surface area contributed by atoms with Gasteiger partial charge >= 0.3 is 0 Å². The molecule has 0 saturated carbocycles. The summed E-state index contributed by atoms with van der Waals surface area (Å²) >= 11 is 4.66. The van der Waals surface area contributed by atoms with Crippen LogP contribution in [-0.2, 0) is 6.54 Å². The average Bonchev–Trinajstić information content (AvgIpc) is 3.08. The van der Waals surface area contributed by atoms with Crippen LogP contribution in [0.2, 0.25) is 0 Å². The molecule has 0 saturated heterocycles. The first kappa shape index (κ1) is 17.2. The average molecular weight is 417 g/mol.